The highest BCUT2D eigenvalue weighted by molar-refractivity contribution is 5.01. The topological polar surface area (TPSA) is 47.0 Å². The summed E-state index contributed by atoms with van der Waals surface area (Å²) in [4.78, 5) is 8.47. The van der Waals surface area contributed by atoms with Crippen molar-refractivity contribution < 1.29 is 4.74 Å². The van der Waals surface area contributed by atoms with Crippen molar-refractivity contribution in [3.8, 4) is 0 Å². The Morgan fingerprint density at radius 2 is 2.36 bits per heavy atom. The van der Waals surface area contributed by atoms with Crippen LogP contribution in [0.15, 0.2) is 12.3 Å². The molecule has 0 atom stereocenters. The average Bonchev–Trinajstić information content (AvgIpc) is 2.19. The van der Waals surface area contributed by atoms with Gasteiger partial charge in [0.05, 0.1) is 5.69 Å². The van der Waals surface area contributed by atoms with E-state index in [2.05, 4.69) is 22.2 Å². The van der Waals surface area contributed by atoms with Gasteiger partial charge in [0.1, 0.15) is 6.61 Å². The Morgan fingerprint density at radius 1 is 1.50 bits per heavy atom. The van der Waals surface area contributed by atoms with E-state index in [1.54, 1.807) is 6.20 Å². The third-order valence-corrected chi connectivity index (χ3v) is 1.70. The van der Waals surface area contributed by atoms with E-state index in [1.165, 1.54) is 0 Å². The summed E-state index contributed by atoms with van der Waals surface area (Å²) in [6, 6.07) is 1.90. The molecule has 0 radical (unpaired) electrons. The molecule has 14 heavy (non-hydrogen) atoms. The Labute approximate surface area is 84.7 Å². The van der Waals surface area contributed by atoms with E-state index in [0.29, 0.717) is 6.61 Å². The molecular weight excluding hydrogens is 178 g/mol. The molecule has 1 N–H and O–H groups in total. The molecule has 0 spiro atoms. The number of nitrogens with one attached hydrogen (secondary N) is 1. The summed E-state index contributed by atoms with van der Waals surface area (Å²) in [5.74, 6) is 0.756. The molecule has 0 unspecified atom stereocenters. The molecule has 0 aliphatic rings. The standard InChI is InChI=1S/C10H17N3O/c1-3-6-14-8-10-12-5-4-9(13-10)7-11-2/h4-5,11H,3,6-8H2,1-2H3. The molecular formula is C10H17N3O. The molecule has 4 nitrogen and oxygen atoms in total. The number of hydrogen-bond donors (Lipinski definition) is 1. The number of aromatic nitrogens is 2. The van der Waals surface area contributed by atoms with E-state index in [4.69, 9.17) is 4.74 Å². The molecule has 0 saturated carbocycles. The van der Waals surface area contributed by atoms with Crippen LogP contribution in [0.1, 0.15) is 24.9 Å². The average molecular weight is 195 g/mol. The number of rotatable bonds is 6. The molecule has 1 aromatic rings. The van der Waals surface area contributed by atoms with Gasteiger partial charge in [-0.1, -0.05) is 6.92 Å². The van der Waals surface area contributed by atoms with E-state index in [1.807, 2.05) is 13.1 Å². The highest BCUT2D eigenvalue weighted by Crippen LogP contribution is 1.97. The molecule has 0 aliphatic carbocycles. The molecule has 0 bridgehead atoms. The monoisotopic (exact) mass is 195 g/mol. The zero-order valence-corrected chi connectivity index (χ0v) is 8.79. The molecule has 0 fully saturated rings. The van der Waals surface area contributed by atoms with Gasteiger partial charge in [0.25, 0.3) is 0 Å². The van der Waals surface area contributed by atoms with Crippen molar-refractivity contribution in [1.29, 1.82) is 0 Å². The van der Waals surface area contributed by atoms with Crippen molar-refractivity contribution in [1.82, 2.24) is 15.3 Å². The molecule has 1 rings (SSSR count). The number of nitrogens with zero attached hydrogens (tertiary/aromatic N) is 2. The summed E-state index contributed by atoms with van der Waals surface area (Å²) in [7, 11) is 1.90. The SMILES string of the molecule is CCCOCc1nccc(CNC)n1. The Bertz CT molecular complexity index is 265. The van der Waals surface area contributed by atoms with Gasteiger partial charge in [-0.25, -0.2) is 9.97 Å². The van der Waals surface area contributed by atoms with Crippen molar-refractivity contribution in [2.75, 3.05) is 13.7 Å². The first-order chi connectivity index (χ1) is 6.86. The first kappa shape index (κ1) is 11.1. The maximum atomic E-state index is 5.36. The van der Waals surface area contributed by atoms with E-state index in [9.17, 15) is 0 Å². The first-order valence-electron chi connectivity index (χ1n) is 4.90. The second kappa shape index (κ2) is 6.45. The molecule has 0 amide bonds. The molecule has 0 aliphatic heterocycles. The normalized spacial score (nSPS) is 10.4. The highest BCUT2D eigenvalue weighted by Gasteiger charge is 1.98. The lowest BCUT2D eigenvalue weighted by molar-refractivity contribution is 0.116. The minimum Gasteiger partial charge on any atom is -0.373 e. The van der Waals surface area contributed by atoms with Crippen LogP contribution in [0.25, 0.3) is 0 Å². The largest absolute Gasteiger partial charge is 0.373 e. The van der Waals surface area contributed by atoms with Crippen LogP contribution in [-0.4, -0.2) is 23.6 Å². The predicted molar refractivity (Wildman–Crippen MR) is 54.7 cm³/mol. The lowest BCUT2D eigenvalue weighted by Gasteiger charge is -2.03. The number of ether oxygens (including phenoxy) is 1. The highest BCUT2D eigenvalue weighted by atomic mass is 16.5. The third kappa shape index (κ3) is 3.81. The van der Waals surface area contributed by atoms with Crippen LogP contribution in [0.4, 0.5) is 0 Å². The molecule has 0 saturated heterocycles. The second-order valence-corrected chi connectivity index (χ2v) is 3.05. The first-order valence-corrected chi connectivity index (χ1v) is 4.90. The van der Waals surface area contributed by atoms with Crippen LogP contribution >= 0.6 is 0 Å². The summed E-state index contributed by atoms with van der Waals surface area (Å²) >= 11 is 0. The van der Waals surface area contributed by atoms with E-state index >= 15 is 0 Å². The quantitative estimate of drug-likeness (QED) is 0.691. The van der Waals surface area contributed by atoms with Gasteiger partial charge in [0, 0.05) is 19.3 Å². The van der Waals surface area contributed by atoms with Crippen LogP contribution in [-0.2, 0) is 17.9 Å². The lowest BCUT2D eigenvalue weighted by Crippen LogP contribution is -2.09. The van der Waals surface area contributed by atoms with Gasteiger partial charge >= 0.3 is 0 Å². The smallest absolute Gasteiger partial charge is 0.154 e. The summed E-state index contributed by atoms with van der Waals surface area (Å²) < 4.78 is 5.36. The summed E-state index contributed by atoms with van der Waals surface area (Å²) in [5, 5.41) is 3.05. The fraction of sp³-hybridized carbons (Fsp3) is 0.600. The van der Waals surface area contributed by atoms with Gasteiger partial charge in [-0.15, -0.1) is 0 Å². The van der Waals surface area contributed by atoms with Crippen LogP contribution < -0.4 is 5.32 Å². The van der Waals surface area contributed by atoms with Crippen LogP contribution in [0.3, 0.4) is 0 Å². The molecule has 78 valence electrons. The van der Waals surface area contributed by atoms with Gasteiger partial charge in [-0.05, 0) is 19.5 Å². The zero-order valence-electron chi connectivity index (χ0n) is 8.79. The Morgan fingerprint density at radius 3 is 3.07 bits per heavy atom. The van der Waals surface area contributed by atoms with Crippen LogP contribution in [0.5, 0.6) is 0 Å². The molecule has 1 heterocycles. The van der Waals surface area contributed by atoms with E-state index in [-0.39, 0.29) is 0 Å². The van der Waals surface area contributed by atoms with Crippen molar-refractivity contribution in [3.05, 3.63) is 23.8 Å². The van der Waals surface area contributed by atoms with Crippen LogP contribution in [0, 0.1) is 0 Å². The van der Waals surface area contributed by atoms with Crippen molar-refractivity contribution in [2.45, 2.75) is 26.5 Å². The molecule has 4 heteroatoms. The Kier molecular flexibility index (Phi) is 5.11. The van der Waals surface area contributed by atoms with Gasteiger partial charge in [-0.2, -0.15) is 0 Å². The zero-order chi connectivity index (χ0) is 10.2. The van der Waals surface area contributed by atoms with Gasteiger partial charge in [-0.3, -0.25) is 0 Å². The minimum absolute atomic E-state index is 0.505. The molecule has 1 aromatic heterocycles. The fourth-order valence-corrected chi connectivity index (χ4v) is 1.10. The van der Waals surface area contributed by atoms with E-state index in [0.717, 1.165) is 31.1 Å². The summed E-state index contributed by atoms with van der Waals surface area (Å²) in [6.07, 6.45) is 2.79. The summed E-state index contributed by atoms with van der Waals surface area (Å²) in [6.45, 7) is 4.12. The molecule has 0 aromatic carbocycles. The maximum Gasteiger partial charge on any atom is 0.154 e. The van der Waals surface area contributed by atoms with Crippen molar-refractivity contribution in [3.63, 3.8) is 0 Å². The van der Waals surface area contributed by atoms with Gasteiger partial charge < -0.3 is 10.1 Å². The lowest BCUT2D eigenvalue weighted by atomic mass is 10.4. The fourth-order valence-electron chi connectivity index (χ4n) is 1.10. The van der Waals surface area contributed by atoms with Crippen molar-refractivity contribution >= 4 is 0 Å². The summed E-state index contributed by atoms with van der Waals surface area (Å²) in [5.41, 5.74) is 0.998. The van der Waals surface area contributed by atoms with Crippen LogP contribution in [0.2, 0.25) is 0 Å². The Hall–Kier alpha value is -1.00. The number of hydrogen-bond acceptors (Lipinski definition) is 4. The van der Waals surface area contributed by atoms with E-state index < -0.39 is 0 Å². The minimum atomic E-state index is 0.505. The third-order valence-electron chi connectivity index (χ3n) is 1.70. The van der Waals surface area contributed by atoms with Crippen molar-refractivity contribution in [2.24, 2.45) is 0 Å². The predicted octanol–water partition coefficient (Wildman–Crippen LogP) is 1.12. The Balaban J connectivity index is 2.46. The van der Waals surface area contributed by atoms with Gasteiger partial charge in [0.15, 0.2) is 5.82 Å². The van der Waals surface area contributed by atoms with Gasteiger partial charge in [0.2, 0.25) is 0 Å². The maximum absolute atomic E-state index is 5.36. The second-order valence-electron chi connectivity index (χ2n) is 3.05.